The summed E-state index contributed by atoms with van der Waals surface area (Å²) in [5, 5.41) is 0. The molecule has 170 valence electrons. The maximum atomic E-state index is 13.2. The summed E-state index contributed by atoms with van der Waals surface area (Å²) in [6.45, 7) is 6.99. The Morgan fingerprint density at radius 1 is 1.10 bits per heavy atom. The van der Waals surface area contributed by atoms with Gasteiger partial charge in [0.2, 0.25) is 5.91 Å². The van der Waals surface area contributed by atoms with E-state index < -0.39 is 5.60 Å². The van der Waals surface area contributed by atoms with E-state index in [0.717, 1.165) is 44.3 Å². The van der Waals surface area contributed by atoms with Crippen LogP contribution < -0.4 is 4.74 Å². The first-order chi connectivity index (χ1) is 14.8. The average Bonchev–Trinajstić information content (AvgIpc) is 2.99. The van der Waals surface area contributed by atoms with E-state index in [0.29, 0.717) is 25.4 Å². The maximum absolute atomic E-state index is 13.2. The van der Waals surface area contributed by atoms with Crippen molar-refractivity contribution < 1.29 is 19.1 Å². The third-order valence-corrected chi connectivity index (χ3v) is 6.64. The first-order valence-electron chi connectivity index (χ1n) is 11.6. The van der Waals surface area contributed by atoms with Gasteiger partial charge in [0.1, 0.15) is 17.5 Å². The number of carbonyl (C=O) groups is 2. The first kappa shape index (κ1) is 21.9. The average molecular weight is 430 g/mol. The van der Waals surface area contributed by atoms with Gasteiger partial charge in [0.15, 0.2) is 0 Å². The van der Waals surface area contributed by atoms with Crippen molar-refractivity contribution >= 4 is 12.0 Å². The molecule has 2 bridgehead atoms. The molecule has 2 unspecified atom stereocenters. The minimum atomic E-state index is -0.476. The Morgan fingerprint density at radius 2 is 1.77 bits per heavy atom. The summed E-state index contributed by atoms with van der Waals surface area (Å²) in [6, 6.07) is 4.40. The molecule has 31 heavy (non-hydrogen) atoms. The zero-order chi connectivity index (χ0) is 22.0. The van der Waals surface area contributed by atoms with Crippen LogP contribution in [0.4, 0.5) is 4.79 Å². The van der Waals surface area contributed by atoms with Crippen molar-refractivity contribution in [3.8, 4) is 5.75 Å². The molecular formula is C24H35N3O4. The molecule has 4 heterocycles. The second-order valence-corrected chi connectivity index (χ2v) is 10.2. The van der Waals surface area contributed by atoms with Crippen molar-refractivity contribution in [3.05, 3.63) is 24.5 Å². The highest BCUT2D eigenvalue weighted by Crippen LogP contribution is 2.38. The van der Waals surface area contributed by atoms with E-state index in [2.05, 4.69) is 9.88 Å². The van der Waals surface area contributed by atoms with Crippen molar-refractivity contribution in [2.45, 2.75) is 89.5 Å². The molecule has 0 spiro atoms. The summed E-state index contributed by atoms with van der Waals surface area (Å²) >= 11 is 0. The van der Waals surface area contributed by atoms with E-state index in [1.165, 1.54) is 0 Å². The Labute approximate surface area is 185 Å². The standard InChI is InChI=1S/C24H35N3O4/c1-24(2,3)31-23(29)26-11-8-17(9-12-26)13-22(28)27-18-6-7-19(27)15-21(14-18)30-20-5-4-10-25-16-20/h4-5,10,16-19,21H,6-9,11-15H2,1-3H3. The summed E-state index contributed by atoms with van der Waals surface area (Å²) in [5.74, 6) is 1.43. The minimum Gasteiger partial charge on any atom is -0.489 e. The van der Waals surface area contributed by atoms with Crippen LogP contribution in [0.2, 0.25) is 0 Å². The van der Waals surface area contributed by atoms with Gasteiger partial charge in [0.05, 0.1) is 6.20 Å². The molecule has 7 nitrogen and oxygen atoms in total. The molecule has 3 saturated heterocycles. The van der Waals surface area contributed by atoms with E-state index in [1.54, 1.807) is 17.3 Å². The van der Waals surface area contributed by atoms with E-state index >= 15 is 0 Å². The lowest BCUT2D eigenvalue weighted by Gasteiger charge is -2.40. The van der Waals surface area contributed by atoms with Crippen LogP contribution in [0.5, 0.6) is 5.75 Å². The Bertz CT molecular complexity index is 757. The molecule has 2 amide bonds. The number of hydrogen-bond acceptors (Lipinski definition) is 5. The molecule has 0 N–H and O–H groups in total. The van der Waals surface area contributed by atoms with Crippen molar-refractivity contribution in [2.24, 2.45) is 5.92 Å². The van der Waals surface area contributed by atoms with Gasteiger partial charge in [-0.2, -0.15) is 0 Å². The van der Waals surface area contributed by atoms with Gasteiger partial charge >= 0.3 is 6.09 Å². The first-order valence-corrected chi connectivity index (χ1v) is 11.6. The van der Waals surface area contributed by atoms with Gasteiger partial charge in [0.25, 0.3) is 0 Å². The Balaban J connectivity index is 1.25. The van der Waals surface area contributed by atoms with Gasteiger partial charge in [-0.1, -0.05) is 0 Å². The highest BCUT2D eigenvalue weighted by atomic mass is 16.6. The van der Waals surface area contributed by atoms with Gasteiger partial charge in [-0.25, -0.2) is 4.79 Å². The van der Waals surface area contributed by atoms with Crippen LogP contribution in [0.15, 0.2) is 24.5 Å². The summed E-state index contributed by atoms with van der Waals surface area (Å²) in [4.78, 5) is 33.5. The van der Waals surface area contributed by atoms with Crippen LogP contribution >= 0.6 is 0 Å². The number of pyridine rings is 1. The second kappa shape index (κ2) is 9.05. The Hall–Kier alpha value is -2.31. The molecular weight excluding hydrogens is 394 g/mol. The number of ether oxygens (including phenoxy) is 2. The predicted molar refractivity (Wildman–Crippen MR) is 117 cm³/mol. The topological polar surface area (TPSA) is 72.0 Å². The third-order valence-electron chi connectivity index (χ3n) is 6.64. The second-order valence-electron chi connectivity index (χ2n) is 10.2. The molecule has 0 radical (unpaired) electrons. The monoisotopic (exact) mass is 429 g/mol. The van der Waals surface area contributed by atoms with E-state index in [9.17, 15) is 9.59 Å². The van der Waals surface area contributed by atoms with Crippen LogP contribution in [0.1, 0.15) is 65.7 Å². The molecule has 1 aromatic heterocycles. The molecule has 1 aromatic rings. The Kier molecular flexibility index (Phi) is 6.39. The van der Waals surface area contributed by atoms with Crippen LogP contribution in [-0.4, -0.2) is 63.7 Å². The molecule has 3 aliphatic heterocycles. The minimum absolute atomic E-state index is 0.155. The number of rotatable bonds is 4. The molecule has 2 atom stereocenters. The van der Waals surface area contributed by atoms with Crippen LogP contribution in [-0.2, 0) is 9.53 Å². The maximum Gasteiger partial charge on any atom is 0.410 e. The highest BCUT2D eigenvalue weighted by molar-refractivity contribution is 5.77. The van der Waals surface area contributed by atoms with E-state index in [1.807, 2.05) is 32.9 Å². The largest absolute Gasteiger partial charge is 0.489 e. The fourth-order valence-corrected chi connectivity index (χ4v) is 5.24. The lowest BCUT2D eigenvalue weighted by Crippen LogP contribution is -2.50. The fraction of sp³-hybridized carbons (Fsp3) is 0.708. The van der Waals surface area contributed by atoms with Crippen molar-refractivity contribution in [1.82, 2.24) is 14.8 Å². The third kappa shape index (κ3) is 5.49. The van der Waals surface area contributed by atoms with Gasteiger partial charge < -0.3 is 19.3 Å². The van der Waals surface area contributed by atoms with Crippen molar-refractivity contribution in [2.75, 3.05) is 13.1 Å². The van der Waals surface area contributed by atoms with E-state index in [-0.39, 0.29) is 30.2 Å². The highest BCUT2D eigenvalue weighted by Gasteiger charge is 2.44. The number of piperidine rings is 2. The molecule has 0 aliphatic carbocycles. The lowest BCUT2D eigenvalue weighted by atomic mass is 9.91. The molecule has 0 saturated carbocycles. The summed E-state index contributed by atoms with van der Waals surface area (Å²) in [6.07, 6.45) is 9.65. The summed E-state index contributed by atoms with van der Waals surface area (Å²) in [7, 11) is 0. The number of hydrogen-bond donors (Lipinski definition) is 0. The molecule has 4 rings (SSSR count). The van der Waals surface area contributed by atoms with Crippen LogP contribution in [0.25, 0.3) is 0 Å². The SMILES string of the molecule is CC(C)(C)OC(=O)N1CCC(CC(=O)N2C3CCC2CC(Oc2cccnc2)C3)CC1. The number of aromatic nitrogens is 1. The normalized spacial score (nSPS) is 26.6. The molecule has 3 fully saturated rings. The quantitative estimate of drug-likeness (QED) is 0.723. The number of amides is 2. The van der Waals surface area contributed by atoms with Gasteiger partial charge in [-0.15, -0.1) is 0 Å². The van der Waals surface area contributed by atoms with Crippen LogP contribution in [0.3, 0.4) is 0 Å². The number of nitrogens with zero attached hydrogens (tertiary/aromatic N) is 3. The number of carbonyl (C=O) groups excluding carboxylic acids is 2. The van der Waals surface area contributed by atoms with E-state index in [4.69, 9.17) is 9.47 Å². The Morgan fingerprint density at radius 3 is 2.35 bits per heavy atom. The molecule has 7 heteroatoms. The number of likely N-dealkylation sites (tertiary alicyclic amines) is 1. The van der Waals surface area contributed by atoms with Gasteiger partial charge in [-0.05, 0) is 64.5 Å². The predicted octanol–water partition coefficient (Wildman–Crippen LogP) is 4.02. The van der Waals surface area contributed by atoms with Gasteiger partial charge in [-0.3, -0.25) is 9.78 Å². The zero-order valence-corrected chi connectivity index (χ0v) is 19.0. The lowest BCUT2D eigenvalue weighted by molar-refractivity contribution is -0.138. The zero-order valence-electron chi connectivity index (χ0n) is 19.0. The molecule has 3 aliphatic rings. The van der Waals surface area contributed by atoms with Crippen LogP contribution in [0, 0.1) is 5.92 Å². The molecule has 0 aromatic carbocycles. The van der Waals surface area contributed by atoms with Crippen molar-refractivity contribution in [1.29, 1.82) is 0 Å². The van der Waals surface area contributed by atoms with Crippen molar-refractivity contribution in [3.63, 3.8) is 0 Å². The fourth-order valence-electron chi connectivity index (χ4n) is 5.24. The number of fused-ring (bicyclic) bond motifs is 2. The smallest absolute Gasteiger partial charge is 0.410 e. The summed E-state index contributed by atoms with van der Waals surface area (Å²) < 4.78 is 11.6. The summed E-state index contributed by atoms with van der Waals surface area (Å²) in [5.41, 5.74) is -0.476. The van der Waals surface area contributed by atoms with Gasteiger partial charge in [0, 0.05) is 50.6 Å².